The summed E-state index contributed by atoms with van der Waals surface area (Å²) in [7, 11) is -3.70. The summed E-state index contributed by atoms with van der Waals surface area (Å²) in [6.07, 6.45) is 1.14. The molecule has 9 heteroatoms. The zero-order valence-electron chi connectivity index (χ0n) is 25.4. The number of hydrogen-bond donors (Lipinski definition) is 1. The number of ketones is 1. The molecular formula is C37H34ClN3O4S. The Hall–Kier alpha value is -4.63. The van der Waals surface area contributed by atoms with Crippen LogP contribution in [0.5, 0.6) is 5.75 Å². The first-order valence-corrected chi connectivity index (χ1v) is 17.2. The summed E-state index contributed by atoms with van der Waals surface area (Å²) in [4.78, 5) is 19.2. The molecular weight excluding hydrogens is 618 g/mol. The SMILES string of the molecule is CS(=O)(=O)N(Cc1ccccc1)c1cc(C(=O)CN(CCOc2ccc3c(c2)[nH]c2ccccc23)Cc2ccccc2)ccc1Cl. The molecule has 0 spiro atoms. The Labute approximate surface area is 274 Å². The predicted octanol–water partition coefficient (Wildman–Crippen LogP) is 7.70. The van der Waals surface area contributed by atoms with Gasteiger partial charge in [0.05, 0.1) is 35.6 Å². The molecule has 5 aromatic carbocycles. The third-order valence-corrected chi connectivity index (χ3v) is 9.32. The maximum absolute atomic E-state index is 13.7. The van der Waals surface area contributed by atoms with Crippen LogP contribution in [0.2, 0.25) is 5.02 Å². The molecule has 0 saturated carbocycles. The zero-order chi connectivity index (χ0) is 32.1. The number of H-pyrrole nitrogens is 1. The molecule has 0 bridgehead atoms. The molecule has 0 aliphatic carbocycles. The number of carbonyl (C=O) groups excluding carboxylic acids is 1. The maximum atomic E-state index is 13.7. The van der Waals surface area contributed by atoms with Gasteiger partial charge in [-0.1, -0.05) is 90.5 Å². The Balaban J connectivity index is 1.19. The van der Waals surface area contributed by atoms with Crippen molar-refractivity contribution >= 4 is 54.9 Å². The molecule has 7 nitrogen and oxygen atoms in total. The van der Waals surface area contributed by atoms with E-state index < -0.39 is 10.0 Å². The number of para-hydroxylation sites is 1. The molecule has 0 aliphatic rings. The molecule has 6 aromatic rings. The lowest BCUT2D eigenvalue weighted by atomic mass is 10.1. The van der Waals surface area contributed by atoms with Gasteiger partial charge in [0.1, 0.15) is 12.4 Å². The fraction of sp³-hybridized carbons (Fsp3) is 0.162. The highest BCUT2D eigenvalue weighted by Crippen LogP contribution is 2.31. The highest BCUT2D eigenvalue weighted by molar-refractivity contribution is 7.92. The summed E-state index contributed by atoms with van der Waals surface area (Å²) in [6.45, 7) is 1.61. The number of benzene rings is 5. The van der Waals surface area contributed by atoms with Crippen LogP contribution in [0.3, 0.4) is 0 Å². The number of fused-ring (bicyclic) bond motifs is 3. The van der Waals surface area contributed by atoms with Crippen LogP contribution in [0.25, 0.3) is 21.8 Å². The van der Waals surface area contributed by atoms with E-state index in [2.05, 4.69) is 23.2 Å². The topological polar surface area (TPSA) is 82.7 Å². The van der Waals surface area contributed by atoms with Gasteiger partial charge in [-0.2, -0.15) is 0 Å². The number of carbonyl (C=O) groups is 1. The van der Waals surface area contributed by atoms with Gasteiger partial charge >= 0.3 is 0 Å². The van der Waals surface area contributed by atoms with Crippen molar-refractivity contribution in [2.24, 2.45) is 0 Å². The van der Waals surface area contributed by atoms with Gasteiger partial charge < -0.3 is 9.72 Å². The standard InChI is InChI=1S/C37H34ClN3O4S/c1-46(43,44)41(25-28-12-6-3-7-13-28)36-22-29(16-19-33(36)38)37(42)26-40(24-27-10-4-2-5-11-27)20-21-45-30-17-18-32-31-14-8-9-15-34(31)39-35(32)23-30/h2-19,22-23,39H,20-21,24-26H2,1H3. The Morgan fingerprint density at radius 3 is 2.13 bits per heavy atom. The predicted molar refractivity (Wildman–Crippen MR) is 186 cm³/mol. The molecule has 0 saturated heterocycles. The monoisotopic (exact) mass is 651 g/mol. The summed E-state index contributed by atoms with van der Waals surface area (Å²) in [5.74, 6) is 0.591. The van der Waals surface area contributed by atoms with Crippen LogP contribution in [0.4, 0.5) is 5.69 Å². The molecule has 1 aromatic heterocycles. The maximum Gasteiger partial charge on any atom is 0.232 e. The first-order valence-electron chi connectivity index (χ1n) is 15.0. The number of hydrogen-bond acceptors (Lipinski definition) is 5. The van der Waals surface area contributed by atoms with E-state index in [1.807, 2.05) is 89.8 Å². The summed E-state index contributed by atoms with van der Waals surface area (Å²) in [5, 5.41) is 2.56. The Bertz CT molecular complexity index is 2080. The van der Waals surface area contributed by atoms with E-state index in [0.29, 0.717) is 25.3 Å². The summed E-state index contributed by atoms with van der Waals surface area (Å²) in [6, 6.07) is 38.2. The average molecular weight is 652 g/mol. The second-order valence-electron chi connectivity index (χ2n) is 11.3. The molecule has 6 rings (SSSR count). The lowest BCUT2D eigenvalue weighted by Gasteiger charge is -2.25. The fourth-order valence-electron chi connectivity index (χ4n) is 5.57. The number of aromatic nitrogens is 1. The van der Waals surface area contributed by atoms with Gasteiger partial charge in [0.2, 0.25) is 10.0 Å². The summed E-state index contributed by atoms with van der Waals surface area (Å²) < 4.78 is 33.1. The van der Waals surface area contributed by atoms with Gasteiger partial charge in [-0.25, -0.2) is 8.42 Å². The van der Waals surface area contributed by atoms with Crippen LogP contribution in [-0.4, -0.2) is 50.0 Å². The van der Waals surface area contributed by atoms with Crippen LogP contribution in [-0.2, 0) is 23.1 Å². The number of nitrogens with one attached hydrogen (secondary N) is 1. The van der Waals surface area contributed by atoms with Gasteiger partial charge in [-0.3, -0.25) is 14.0 Å². The van der Waals surface area contributed by atoms with Crippen LogP contribution in [0.1, 0.15) is 21.5 Å². The van der Waals surface area contributed by atoms with Crippen molar-refractivity contribution in [1.29, 1.82) is 0 Å². The second kappa shape index (κ2) is 13.8. The minimum absolute atomic E-state index is 0.0960. The minimum Gasteiger partial charge on any atom is -0.492 e. The van der Waals surface area contributed by atoms with E-state index in [-0.39, 0.29) is 29.6 Å². The number of anilines is 1. The summed E-state index contributed by atoms with van der Waals surface area (Å²) in [5.41, 5.74) is 4.60. The Morgan fingerprint density at radius 2 is 1.41 bits per heavy atom. The van der Waals surface area contributed by atoms with Crippen molar-refractivity contribution in [3.8, 4) is 5.75 Å². The van der Waals surface area contributed by atoms with Gasteiger partial charge in [0.25, 0.3) is 0 Å². The van der Waals surface area contributed by atoms with Crippen molar-refractivity contribution in [1.82, 2.24) is 9.88 Å². The van der Waals surface area contributed by atoms with Crippen LogP contribution in [0, 0.1) is 0 Å². The number of nitrogens with zero attached hydrogens (tertiary/aromatic N) is 2. The normalized spacial score (nSPS) is 11.7. The van der Waals surface area contributed by atoms with Crippen molar-refractivity contribution in [3.63, 3.8) is 0 Å². The quantitative estimate of drug-likeness (QED) is 0.129. The fourth-order valence-corrected chi connectivity index (χ4v) is 6.74. The third kappa shape index (κ3) is 7.42. The molecule has 234 valence electrons. The summed E-state index contributed by atoms with van der Waals surface area (Å²) >= 11 is 6.52. The van der Waals surface area contributed by atoms with Gasteiger partial charge in [-0.05, 0) is 47.5 Å². The van der Waals surface area contributed by atoms with Crippen LogP contribution < -0.4 is 9.04 Å². The molecule has 1 heterocycles. The molecule has 46 heavy (non-hydrogen) atoms. The smallest absolute Gasteiger partial charge is 0.232 e. The van der Waals surface area contributed by atoms with E-state index in [9.17, 15) is 13.2 Å². The Kier molecular flexibility index (Phi) is 9.40. The van der Waals surface area contributed by atoms with Crippen molar-refractivity contribution in [2.75, 3.05) is 30.3 Å². The van der Waals surface area contributed by atoms with Crippen molar-refractivity contribution in [2.45, 2.75) is 13.1 Å². The van der Waals surface area contributed by atoms with E-state index in [1.165, 1.54) is 9.69 Å². The Morgan fingerprint density at radius 1 is 0.761 bits per heavy atom. The number of rotatable bonds is 13. The van der Waals surface area contributed by atoms with Crippen LogP contribution in [0.15, 0.2) is 121 Å². The van der Waals surface area contributed by atoms with Crippen molar-refractivity contribution in [3.05, 3.63) is 143 Å². The number of halogens is 1. The number of Topliss-reactive ketones (excluding diaryl/α,β-unsaturated/α-hetero) is 1. The zero-order valence-corrected chi connectivity index (χ0v) is 27.0. The van der Waals surface area contributed by atoms with Crippen LogP contribution >= 0.6 is 11.6 Å². The van der Waals surface area contributed by atoms with Gasteiger partial charge in [-0.15, -0.1) is 0 Å². The van der Waals surface area contributed by atoms with Gasteiger partial charge in [0, 0.05) is 41.0 Å². The van der Waals surface area contributed by atoms with E-state index in [0.717, 1.165) is 39.6 Å². The first kappa shape index (κ1) is 31.4. The largest absolute Gasteiger partial charge is 0.492 e. The second-order valence-corrected chi connectivity index (χ2v) is 13.6. The molecule has 0 aliphatic heterocycles. The highest BCUT2D eigenvalue weighted by Gasteiger charge is 2.23. The number of sulfonamides is 1. The van der Waals surface area contributed by atoms with Crippen molar-refractivity contribution < 1.29 is 17.9 Å². The number of ether oxygens (including phenoxy) is 1. The molecule has 0 amide bonds. The minimum atomic E-state index is -3.70. The van der Waals surface area contributed by atoms with Gasteiger partial charge in [0.15, 0.2) is 5.78 Å². The average Bonchev–Trinajstić information content (AvgIpc) is 3.42. The van der Waals surface area contributed by atoms with E-state index >= 15 is 0 Å². The van der Waals surface area contributed by atoms with E-state index in [1.54, 1.807) is 18.2 Å². The first-order chi connectivity index (χ1) is 22.2. The molecule has 1 N–H and O–H groups in total. The molecule has 0 radical (unpaired) electrons. The van der Waals surface area contributed by atoms with E-state index in [4.69, 9.17) is 16.3 Å². The lowest BCUT2D eigenvalue weighted by Crippen LogP contribution is -2.33. The highest BCUT2D eigenvalue weighted by atomic mass is 35.5. The molecule has 0 unspecified atom stereocenters. The number of aromatic amines is 1. The molecule has 0 fully saturated rings. The third-order valence-electron chi connectivity index (χ3n) is 7.88. The lowest BCUT2D eigenvalue weighted by molar-refractivity contribution is 0.0912. The molecule has 0 atom stereocenters.